The first-order chi connectivity index (χ1) is 9.18. The van der Waals surface area contributed by atoms with Gasteiger partial charge in [-0.1, -0.05) is 42.5 Å². The molecule has 1 aromatic heterocycles. The highest BCUT2D eigenvalue weighted by Crippen LogP contribution is 2.26. The fourth-order valence-electron chi connectivity index (χ4n) is 2.28. The van der Waals surface area contributed by atoms with Crippen LogP contribution in [0.25, 0.3) is 21.7 Å². The maximum Gasteiger partial charge on any atom is 0.272 e. The Morgan fingerprint density at radius 1 is 0.895 bits per heavy atom. The van der Waals surface area contributed by atoms with Crippen LogP contribution in [0.5, 0.6) is 0 Å². The van der Waals surface area contributed by atoms with Crippen molar-refractivity contribution in [2.75, 3.05) is 14.1 Å². The van der Waals surface area contributed by atoms with Crippen LogP contribution in [0.3, 0.4) is 0 Å². The number of hydrogen-bond donors (Lipinski definition) is 0. The topological polar surface area (TPSA) is 33.2 Å². The number of carbonyl (C=O) groups is 1. The van der Waals surface area contributed by atoms with Gasteiger partial charge in [0.25, 0.3) is 5.91 Å². The van der Waals surface area contributed by atoms with Crippen LogP contribution in [-0.2, 0) is 0 Å². The van der Waals surface area contributed by atoms with Gasteiger partial charge < -0.3 is 4.90 Å². The van der Waals surface area contributed by atoms with Gasteiger partial charge in [0.15, 0.2) is 0 Å². The largest absolute Gasteiger partial charge is 0.343 e. The molecule has 2 aromatic carbocycles. The SMILES string of the molecule is CN(C)C(=O)c1nc2ccccc2c2ccccc12. The van der Waals surface area contributed by atoms with Crippen molar-refractivity contribution in [3.63, 3.8) is 0 Å². The average Bonchev–Trinajstić information content (AvgIpc) is 2.45. The molecule has 0 atom stereocenters. The molecule has 0 spiro atoms. The van der Waals surface area contributed by atoms with Crippen LogP contribution in [0, 0.1) is 0 Å². The summed E-state index contributed by atoms with van der Waals surface area (Å²) in [6.07, 6.45) is 0. The lowest BCUT2D eigenvalue weighted by molar-refractivity contribution is 0.0824. The third-order valence-electron chi connectivity index (χ3n) is 3.22. The summed E-state index contributed by atoms with van der Waals surface area (Å²) in [6, 6.07) is 15.8. The molecule has 1 heterocycles. The van der Waals surface area contributed by atoms with E-state index in [4.69, 9.17) is 0 Å². The molecule has 0 unspecified atom stereocenters. The van der Waals surface area contributed by atoms with Gasteiger partial charge in [0.2, 0.25) is 0 Å². The van der Waals surface area contributed by atoms with Gasteiger partial charge in [-0.3, -0.25) is 4.79 Å². The Morgan fingerprint density at radius 3 is 2.16 bits per heavy atom. The molecule has 0 N–H and O–H groups in total. The number of pyridine rings is 1. The molecule has 3 heteroatoms. The Morgan fingerprint density at radius 2 is 1.47 bits per heavy atom. The Bertz CT molecular complexity index is 778. The van der Waals surface area contributed by atoms with E-state index in [0.29, 0.717) is 5.69 Å². The summed E-state index contributed by atoms with van der Waals surface area (Å²) in [6.45, 7) is 0. The predicted molar refractivity (Wildman–Crippen MR) is 77.3 cm³/mol. The number of aromatic nitrogens is 1. The summed E-state index contributed by atoms with van der Waals surface area (Å²) in [7, 11) is 3.49. The zero-order valence-electron chi connectivity index (χ0n) is 10.9. The minimum Gasteiger partial charge on any atom is -0.343 e. The third kappa shape index (κ3) is 1.83. The van der Waals surface area contributed by atoms with Crippen molar-refractivity contribution in [1.82, 2.24) is 9.88 Å². The van der Waals surface area contributed by atoms with E-state index in [-0.39, 0.29) is 5.91 Å². The molecule has 3 aromatic rings. The van der Waals surface area contributed by atoms with E-state index >= 15 is 0 Å². The number of carbonyl (C=O) groups excluding carboxylic acids is 1. The van der Waals surface area contributed by atoms with Gasteiger partial charge in [-0.05, 0) is 11.5 Å². The quantitative estimate of drug-likeness (QED) is 0.622. The lowest BCUT2D eigenvalue weighted by Crippen LogP contribution is -2.23. The monoisotopic (exact) mass is 250 g/mol. The fourth-order valence-corrected chi connectivity index (χ4v) is 2.28. The number of fused-ring (bicyclic) bond motifs is 3. The number of benzene rings is 2. The van der Waals surface area contributed by atoms with Crippen LogP contribution in [0.4, 0.5) is 0 Å². The first kappa shape index (κ1) is 11.7. The zero-order valence-corrected chi connectivity index (χ0v) is 10.9. The fraction of sp³-hybridized carbons (Fsp3) is 0.125. The summed E-state index contributed by atoms with van der Waals surface area (Å²) in [4.78, 5) is 18.4. The number of nitrogens with zero attached hydrogens (tertiary/aromatic N) is 2. The molecule has 3 nitrogen and oxygen atoms in total. The lowest BCUT2D eigenvalue weighted by Gasteiger charge is -2.13. The van der Waals surface area contributed by atoms with Crippen LogP contribution in [0.15, 0.2) is 48.5 Å². The molecular weight excluding hydrogens is 236 g/mol. The Balaban J connectivity index is 2.46. The minimum absolute atomic E-state index is 0.0676. The van der Waals surface area contributed by atoms with E-state index in [0.717, 1.165) is 21.7 Å². The highest BCUT2D eigenvalue weighted by Gasteiger charge is 2.15. The van der Waals surface area contributed by atoms with E-state index in [1.807, 2.05) is 48.5 Å². The molecule has 0 bridgehead atoms. The van der Waals surface area contributed by atoms with Crippen molar-refractivity contribution >= 4 is 27.6 Å². The predicted octanol–water partition coefficient (Wildman–Crippen LogP) is 3.09. The second kappa shape index (κ2) is 4.35. The number of para-hydroxylation sites is 1. The van der Waals surface area contributed by atoms with Crippen molar-refractivity contribution in [2.24, 2.45) is 0 Å². The summed E-state index contributed by atoms with van der Waals surface area (Å²) in [5.74, 6) is -0.0676. The normalized spacial score (nSPS) is 10.8. The van der Waals surface area contributed by atoms with Crippen LogP contribution >= 0.6 is 0 Å². The van der Waals surface area contributed by atoms with Crippen molar-refractivity contribution in [1.29, 1.82) is 0 Å². The minimum atomic E-state index is -0.0676. The van der Waals surface area contributed by atoms with Gasteiger partial charge in [0.1, 0.15) is 5.69 Å². The van der Waals surface area contributed by atoms with Crippen molar-refractivity contribution in [3.8, 4) is 0 Å². The van der Waals surface area contributed by atoms with Gasteiger partial charge >= 0.3 is 0 Å². The van der Waals surface area contributed by atoms with Crippen LogP contribution < -0.4 is 0 Å². The van der Waals surface area contributed by atoms with E-state index in [1.165, 1.54) is 0 Å². The first-order valence-electron chi connectivity index (χ1n) is 6.17. The number of rotatable bonds is 1. The summed E-state index contributed by atoms with van der Waals surface area (Å²) in [5.41, 5.74) is 1.37. The van der Waals surface area contributed by atoms with Crippen LogP contribution in [0.2, 0.25) is 0 Å². The molecule has 0 radical (unpaired) electrons. The molecule has 94 valence electrons. The van der Waals surface area contributed by atoms with Crippen molar-refractivity contribution in [2.45, 2.75) is 0 Å². The van der Waals surface area contributed by atoms with E-state index in [9.17, 15) is 4.79 Å². The summed E-state index contributed by atoms with van der Waals surface area (Å²) in [5, 5.41) is 3.05. The van der Waals surface area contributed by atoms with Gasteiger partial charge in [-0.25, -0.2) is 4.98 Å². The van der Waals surface area contributed by atoms with Crippen molar-refractivity contribution in [3.05, 3.63) is 54.2 Å². The van der Waals surface area contributed by atoms with Crippen LogP contribution in [0.1, 0.15) is 10.5 Å². The molecule has 0 fully saturated rings. The molecule has 19 heavy (non-hydrogen) atoms. The first-order valence-corrected chi connectivity index (χ1v) is 6.17. The van der Waals surface area contributed by atoms with E-state index in [2.05, 4.69) is 4.98 Å². The second-order valence-corrected chi connectivity index (χ2v) is 4.72. The number of hydrogen-bond acceptors (Lipinski definition) is 2. The van der Waals surface area contributed by atoms with Gasteiger partial charge in [-0.15, -0.1) is 0 Å². The molecule has 0 aliphatic heterocycles. The Labute approximate surface area is 111 Å². The van der Waals surface area contributed by atoms with Gasteiger partial charge in [0.05, 0.1) is 5.52 Å². The highest BCUT2D eigenvalue weighted by molar-refractivity contribution is 6.14. The Hall–Kier alpha value is -2.42. The second-order valence-electron chi connectivity index (χ2n) is 4.72. The molecule has 1 amide bonds. The molecule has 0 saturated heterocycles. The van der Waals surface area contributed by atoms with E-state index < -0.39 is 0 Å². The standard InChI is InChI=1S/C16H14N2O/c1-18(2)16(19)15-13-9-4-3-7-11(13)12-8-5-6-10-14(12)17-15/h3-10H,1-2H3. The zero-order chi connectivity index (χ0) is 13.4. The highest BCUT2D eigenvalue weighted by atomic mass is 16.2. The molecule has 0 aliphatic rings. The lowest BCUT2D eigenvalue weighted by atomic mass is 10.0. The summed E-state index contributed by atoms with van der Waals surface area (Å²) < 4.78 is 0. The third-order valence-corrected chi connectivity index (χ3v) is 3.22. The van der Waals surface area contributed by atoms with Gasteiger partial charge in [-0.2, -0.15) is 0 Å². The van der Waals surface area contributed by atoms with Crippen LogP contribution in [-0.4, -0.2) is 29.9 Å². The maximum absolute atomic E-state index is 12.3. The Kier molecular flexibility index (Phi) is 2.67. The molecule has 0 aliphatic carbocycles. The van der Waals surface area contributed by atoms with Gasteiger partial charge in [0, 0.05) is 24.9 Å². The molecule has 3 rings (SSSR count). The molecule has 0 saturated carbocycles. The van der Waals surface area contributed by atoms with Crippen molar-refractivity contribution < 1.29 is 4.79 Å². The maximum atomic E-state index is 12.3. The number of amides is 1. The molecular formula is C16H14N2O. The summed E-state index contributed by atoms with van der Waals surface area (Å²) >= 11 is 0. The van der Waals surface area contributed by atoms with E-state index in [1.54, 1.807) is 19.0 Å². The smallest absolute Gasteiger partial charge is 0.272 e. The average molecular weight is 250 g/mol.